The minimum atomic E-state index is -1.05. The molecule has 0 spiro atoms. The van der Waals surface area contributed by atoms with E-state index < -0.39 is 29.7 Å². The van der Waals surface area contributed by atoms with Gasteiger partial charge in [-0.3, -0.25) is 19.2 Å². The molecule has 0 saturated heterocycles. The predicted octanol–water partition coefficient (Wildman–Crippen LogP) is 22.8. The largest absolute Gasteiger partial charge is 0.508 e. The Morgan fingerprint density at radius 2 is 0.488 bits per heavy atom. The molecule has 0 saturated carbocycles. The third-order valence-electron chi connectivity index (χ3n) is 20.4. The molecule has 4 heterocycles. The smallest absolute Gasteiger partial charge is 0.328 e. The van der Waals surface area contributed by atoms with Gasteiger partial charge < -0.3 is 66.4 Å². The Bertz CT molecular complexity index is 6650. The number of thiophene rings is 4. The third-order valence-corrected chi connectivity index (χ3v) is 25.0. The van der Waals surface area contributed by atoms with Crippen LogP contribution in [0.25, 0.3) is 109 Å². The Hall–Kier alpha value is -15.8. The van der Waals surface area contributed by atoms with E-state index in [1.807, 2.05) is 62.4 Å². The van der Waals surface area contributed by atoms with Crippen LogP contribution in [0.15, 0.2) is 249 Å². The van der Waals surface area contributed by atoms with Crippen LogP contribution in [0.2, 0.25) is 0 Å². The molecule has 0 aliphatic carbocycles. The van der Waals surface area contributed by atoms with Crippen molar-refractivity contribution in [1.29, 1.82) is 0 Å². The lowest BCUT2D eigenvalue weighted by atomic mass is 9.94. The Balaban J connectivity index is 0.000000145. The second-order valence-corrected chi connectivity index (χ2v) is 33.7. The number of rotatable bonds is 20. The summed E-state index contributed by atoms with van der Waals surface area (Å²) in [4.78, 5) is 99.0. The topological polar surface area (TPSA) is 400 Å². The minimum Gasteiger partial charge on any atom is -0.508 e. The number of hydrogen-bond donors (Lipinski definition) is 13. The Morgan fingerprint density at radius 1 is 0.244 bits per heavy atom. The average Bonchev–Trinajstić information content (AvgIpc) is 1.63. The highest BCUT2D eigenvalue weighted by atomic mass is 32.1. The maximum Gasteiger partial charge on any atom is 0.328 e. The number of hydrogen-bond acceptors (Lipinski definition) is 21. The zero-order valence-electron chi connectivity index (χ0n) is 68.2. The maximum atomic E-state index is 13.6. The summed E-state index contributed by atoms with van der Waals surface area (Å²) in [5, 5.41) is 130. The van der Waals surface area contributed by atoms with E-state index in [1.54, 1.807) is 185 Å². The highest BCUT2D eigenvalue weighted by molar-refractivity contribution is 7.23. The summed E-state index contributed by atoms with van der Waals surface area (Å²) in [6.07, 6.45) is 10.2. The fourth-order valence-corrected chi connectivity index (χ4v) is 19.6. The third kappa shape index (κ3) is 20.0. The van der Waals surface area contributed by atoms with Crippen molar-refractivity contribution in [3.8, 4) is 96.3 Å². The molecule has 4 aromatic heterocycles. The molecular formula is C102H76O21S4. The van der Waals surface area contributed by atoms with E-state index in [2.05, 4.69) is 0 Å². The standard InChI is InChI=1S/2C26H20O5S.C25H18O6S.C25H18O5S/c2*1-14-11-15(2)23(20(28)12-14)25(31)26-24(19-9-8-18(27)13-21(19)32-26)17-6-3-16(4-7-17)5-10-22(29)30;1-13-10-17(27)11-19(28)22(13)24(31)25-23(18-8-7-16(26)12-20(18)32-25)15-5-2-14(3-6-15)4-9-21(29)30;1-14-3-2-4-19(27)22(14)24(30)25-23(18-11-10-17(26)13-20(18)31-25)16-8-5-15(6-9-16)7-12-21(28)29/h2*3-13,27-28H,1-2H3,(H,29,30);2-12,26-28H,1H3,(H,29,30);2-13,26-27H,1H3,(H,28,29)/b2*10-5+;9-4+;12-7+. The van der Waals surface area contributed by atoms with Crippen molar-refractivity contribution in [3.63, 3.8) is 0 Å². The summed E-state index contributed by atoms with van der Waals surface area (Å²) in [5.41, 5.74) is 13.8. The number of aryl methyl sites for hydroxylation is 6. The van der Waals surface area contributed by atoms with Crippen molar-refractivity contribution >= 4 is 157 Å². The van der Waals surface area contributed by atoms with E-state index in [9.17, 15) is 84.3 Å². The van der Waals surface area contributed by atoms with Gasteiger partial charge in [-0.2, -0.15) is 0 Å². The Kier molecular flexibility index (Phi) is 26.6. The summed E-state index contributed by atoms with van der Waals surface area (Å²) < 4.78 is 2.96. The first-order chi connectivity index (χ1) is 60.6. The van der Waals surface area contributed by atoms with Crippen molar-refractivity contribution in [3.05, 3.63) is 346 Å². The summed E-state index contributed by atoms with van der Waals surface area (Å²) >= 11 is 4.99. The van der Waals surface area contributed by atoms with Gasteiger partial charge in [-0.05, 0) is 241 Å². The first kappa shape index (κ1) is 89.0. The van der Waals surface area contributed by atoms with Crippen LogP contribution < -0.4 is 0 Å². The summed E-state index contributed by atoms with van der Waals surface area (Å²) in [7, 11) is 0. The molecule has 0 bridgehead atoms. The van der Waals surface area contributed by atoms with Crippen LogP contribution in [-0.4, -0.2) is 113 Å². The van der Waals surface area contributed by atoms with Gasteiger partial charge in [0.15, 0.2) is 0 Å². The molecule has 0 radical (unpaired) electrons. The zero-order chi connectivity index (χ0) is 91.1. The second kappa shape index (κ2) is 37.9. The van der Waals surface area contributed by atoms with Crippen molar-refractivity contribution < 1.29 is 105 Å². The number of carbonyl (C=O) groups excluding carboxylic acids is 4. The Morgan fingerprint density at radius 3 is 0.724 bits per heavy atom. The molecule has 0 amide bonds. The highest BCUT2D eigenvalue weighted by Gasteiger charge is 2.31. The number of aromatic hydroxyl groups is 9. The van der Waals surface area contributed by atoms with Gasteiger partial charge in [-0.25, -0.2) is 19.2 Å². The molecule has 0 atom stereocenters. The molecule has 12 aromatic carbocycles. The normalized spacial score (nSPS) is 11.3. The lowest BCUT2D eigenvalue weighted by molar-refractivity contribution is -0.132. The van der Waals surface area contributed by atoms with Crippen LogP contribution in [-0.2, 0) is 19.2 Å². The highest BCUT2D eigenvalue weighted by Crippen LogP contribution is 2.48. The fourth-order valence-electron chi connectivity index (χ4n) is 14.8. The molecule has 13 N–H and O–H groups in total. The van der Waals surface area contributed by atoms with Gasteiger partial charge in [0.25, 0.3) is 0 Å². The summed E-state index contributed by atoms with van der Waals surface area (Å²) in [5.74, 6) is -5.66. The molecule has 16 aromatic rings. The van der Waals surface area contributed by atoms with Crippen LogP contribution in [0.5, 0.6) is 51.7 Å². The minimum absolute atomic E-state index is 0.0621. The van der Waals surface area contributed by atoms with Gasteiger partial charge >= 0.3 is 23.9 Å². The molecule has 0 fully saturated rings. The lowest BCUT2D eigenvalue weighted by Gasteiger charge is -2.10. The number of carboxylic acid groups (broad SMARTS) is 4. The quantitative estimate of drug-likeness (QED) is 0.0249. The van der Waals surface area contributed by atoms with Gasteiger partial charge in [0, 0.05) is 93.0 Å². The van der Waals surface area contributed by atoms with Gasteiger partial charge in [0.1, 0.15) is 51.7 Å². The molecule has 16 rings (SSSR count). The number of aliphatic carboxylic acids is 4. The van der Waals surface area contributed by atoms with Gasteiger partial charge in [0.2, 0.25) is 23.1 Å². The molecule has 634 valence electrons. The van der Waals surface area contributed by atoms with Crippen LogP contribution in [0.1, 0.15) is 117 Å². The molecule has 0 aliphatic heterocycles. The monoisotopic (exact) mass is 1760 g/mol. The van der Waals surface area contributed by atoms with E-state index in [-0.39, 0.29) is 91.3 Å². The summed E-state index contributed by atoms with van der Waals surface area (Å²) in [6, 6.07) is 62.8. The van der Waals surface area contributed by atoms with Crippen LogP contribution in [0.3, 0.4) is 0 Å². The van der Waals surface area contributed by atoms with Crippen LogP contribution in [0, 0.1) is 41.5 Å². The second-order valence-electron chi connectivity index (χ2n) is 29.5. The first-order valence-corrected chi connectivity index (χ1v) is 42.0. The number of carboxylic acids is 4. The lowest BCUT2D eigenvalue weighted by Crippen LogP contribution is -2.04. The molecule has 0 aliphatic rings. The fraction of sp³-hybridized carbons (Fsp3) is 0.0588. The number of phenols is 9. The molecular weight excluding hydrogens is 1690 g/mol. The molecule has 25 heteroatoms. The number of benzene rings is 12. The molecule has 127 heavy (non-hydrogen) atoms. The average molecular weight is 1770 g/mol. The summed E-state index contributed by atoms with van der Waals surface area (Å²) in [6.45, 7) is 10.7. The van der Waals surface area contributed by atoms with Crippen molar-refractivity contribution in [2.45, 2.75) is 41.5 Å². The molecule has 0 unspecified atom stereocenters. The predicted molar refractivity (Wildman–Crippen MR) is 499 cm³/mol. The number of phenolic OH excluding ortho intramolecular Hbond substituents is 9. The van der Waals surface area contributed by atoms with Crippen LogP contribution in [0.4, 0.5) is 0 Å². The van der Waals surface area contributed by atoms with Crippen molar-refractivity contribution in [1.82, 2.24) is 0 Å². The van der Waals surface area contributed by atoms with E-state index in [0.29, 0.717) is 91.0 Å². The van der Waals surface area contributed by atoms with Crippen molar-refractivity contribution in [2.24, 2.45) is 0 Å². The van der Waals surface area contributed by atoms with E-state index in [4.69, 9.17) is 20.4 Å². The van der Waals surface area contributed by atoms with E-state index >= 15 is 0 Å². The van der Waals surface area contributed by atoms with Gasteiger partial charge in [-0.1, -0.05) is 121 Å². The first-order valence-electron chi connectivity index (χ1n) is 38.8. The number of fused-ring (bicyclic) bond motifs is 4. The van der Waals surface area contributed by atoms with E-state index in [0.717, 1.165) is 99.4 Å². The maximum absolute atomic E-state index is 13.6. The molecule has 21 nitrogen and oxygen atoms in total. The van der Waals surface area contributed by atoms with Gasteiger partial charge in [-0.15, -0.1) is 45.3 Å². The Labute approximate surface area is 740 Å². The number of carbonyl (C=O) groups is 8. The SMILES string of the molecule is Cc1cc(C)c(C(=O)c2sc3cc(O)ccc3c2-c2ccc(/C=C/C(=O)O)cc2)c(O)c1.Cc1cc(C)c(C(=O)c2sc3cc(O)ccc3c2-c2ccc(/C=C/C(=O)O)cc2)c(O)c1.Cc1cc(O)cc(O)c1C(=O)c1sc2cc(O)ccc2c1-c1ccc(/C=C/C(=O)O)cc1.Cc1cccc(O)c1C(=O)c1sc2cc(O)ccc2c1-c1ccc(/C=C/C(=O)O)cc1. The zero-order valence-corrected chi connectivity index (χ0v) is 71.5. The van der Waals surface area contributed by atoms with E-state index in [1.165, 1.54) is 81.8 Å². The van der Waals surface area contributed by atoms with Gasteiger partial charge in [0.05, 0.1) is 41.8 Å². The van der Waals surface area contributed by atoms with Crippen molar-refractivity contribution in [2.75, 3.05) is 0 Å². The number of ketones is 4. The van der Waals surface area contributed by atoms with Crippen LogP contribution >= 0.6 is 45.3 Å².